The number of likely N-dealkylation sites (tertiary alicyclic amines) is 1. The van der Waals surface area contributed by atoms with Crippen molar-refractivity contribution in [1.29, 1.82) is 0 Å². The third-order valence-electron chi connectivity index (χ3n) is 9.54. The molecule has 1 saturated carbocycles. The first-order chi connectivity index (χ1) is 17.6. The number of hydrogen-bond acceptors (Lipinski definition) is 8. The van der Waals surface area contributed by atoms with Gasteiger partial charge in [0.15, 0.2) is 22.4 Å². The van der Waals surface area contributed by atoms with Crippen molar-refractivity contribution in [2.75, 3.05) is 25.9 Å². The second-order valence-corrected chi connectivity index (χ2v) is 12.8. The fourth-order valence-electron chi connectivity index (χ4n) is 8.18. The molecule has 1 aromatic carbocycles. The largest absolute Gasteiger partial charge is 1.00 e. The van der Waals surface area contributed by atoms with Crippen molar-refractivity contribution >= 4 is 34.6 Å². The van der Waals surface area contributed by atoms with Gasteiger partial charge >= 0.3 is 11.9 Å². The van der Waals surface area contributed by atoms with Crippen molar-refractivity contribution in [3.63, 3.8) is 0 Å². The molecule has 1 spiro atoms. The zero-order valence-corrected chi connectivity index (χ0v) is 24.4. The number of quaternary nitrogens is 1. The molecular formula is C28H34BrNO7S. The SMILES string of the molecule is CC(=O)Oc1ccc2c3c1O[C@H]1[C@@H](OC(C)=O)CCC4[C@@H](C2)[N+](C)(CC(=O)CC2CCSC2=O)CC[C@@]341.[Br-]. The van der Waals surface area contributed by atoms with Crippen LogP contribution in [0, 0.1) is 11.8 Å². The molecule has 0 N–H and O–H groups in total. The average Bonchev–Trinajstić information content (AvgIpc) is 3.39. The zero-order valence-electron chi connectivity index (χ0n) is 22.0. The number of benzene rings is 1. The number of Topliss-reactive ketones (excluding diaryl/α,β-unsaturated/α-hetero) is 1. The van der Waals surface area contributed by atoms with Crippen LogP contribution in [0.15, 0.2) is 12.1 Å². The molecule has 3 aliphatic heterocycles. The van der Waals surface area contributed by atoms with Gasteiger partial charge in [0.2, 0.25) is 0 Å². The van der Waals surface area contributed by atoms with Crippen molar-refractivity contribution in [3.05, 3.63) is 23.3 Å². The summed E-state index contributed by atoms with van der Waals surface area (Å²) in [5, 5.41) is 0.158. The fraction of sp³-hybridized carbons (Fsp3) is 0.643. The predicted molar refractivity (Wildman–Crippen MR) is 135 cm³/mol. The number of hydrogen-bond donors (Lipinski definition) is 0. The number of ether oxygens (including phenoxy) is 3. The van der Waals surface area contributed by atoms with E-state index in [1.165, 1.54) is 25.6 Å². The molecule has 3 heterocycles. The first kappa shape index (κ1) is 27.6. The molecule has 2 bridgehead atoms. The Labute approximate surface area is 237 Å². The van der Waals surface area contributed by atoms with Crippen LogP contribution in [0.5, 0.6) is 11.5 Å². The molecule has 0 radical (unpaired) electrons. The van der Waals surface area contributed by atoms with Crippen molar-refractivity contribution < 1.29 is 54.9 Å². The topological polar surface area (TPSA) is 96.0 Å². The van der Waals surface area contributed by atoms with Crippen LogP contribution >= 0.6 is 11.8 Å². The van der Waals surface area contributed by atoms with Crippen molar-refractivity contribution in [3.8, 4) is 11.5 Å². The Morgan fingerprint density at radius 1 is 1.16 bits per heavy atom. The first-order valence-electron chi connectivity index (χ1n) is 13.3. The van der Waals surface area contributed by atoms with E-state index in [1.54, 1.807) is 6.07 Å². The summed E-state index contributed by atoms with van der Waals surface area (Å²) in [6.45, 7) is 4.03. The van der Waals surface area contributed by atoms with Gasteiger partial charge < -0.3 is 35.7 Å². The minimum Gasteiger partial charge on any atom is -1.00 e. The van der Waals surface area contributed by atoms with Gasteiger partial charge in [-0.2, -0.15) is 0 Å². The van der Waals surface area contributed by atoms with Gasteiger partial charge in [0, 0.05) is 56.3 Å². The minimum atomic E-state index is -0.403. The molecule has 7 atom stereocenters. The maximum atomic E-state index is 13.3. The van der Waals surface area contributed by atoms with Crippen LogP contribution in [-0.2, 0) is 35.8 Å². The molecule has 38 heavy (non-hydrogen) atoms. The summed E-state index contributed by atoms with van der Waals surface area (Å²) in [5.41, 5.74) is 1.93. The molecule has 8 nitrogen and oxygen atoms in total. The average molecular weight is 609 g/mol. The summed E-state index contributed by atoms with van der Waals surface area (Å²) in [4.78, 5) is 49.3. The van der Waals surface area contributed by atoms with Crippen LogP contribution in [-0.4, -0.2) is 71.5 Å². The Bertz CT molecular complexity index is 1210. The van der Waals surface area contributed by atoms with E-state index in [4.69, 9.17) is 14.2 Å². The van der Waals surface area contributed by atoms with Gasteiger partial charge in [0.25, 0.3) is 0 Å². The van der Waals surface area contributed by atoms with Crippen LogP contribution in [0.1, 0.15) is 57.1 Å². The minimum absolute atomic E-state index is 0. The maximum Gasteiger partial charge on any atom is 0.308 e. The van der Waals surface area contributed by atoms with Crippen molar-refractivity contribution in [2.45, 2.75) is 76.0 Å². The van der Waals surface area contributed by atoms with E-state index >= 15 is 0 Å². The van der Waals surface area contributed by atoms with E-state index in [9.17, 15) is 19.2 Å². The second kappa shape index (κ2) is 9.93. The second-order valence-electron chi connectivity index (χ2n) is 11.7. The van der Waals surface area contributed by atoms with E-state index in [-0.39, 0.29) is 69.3 Å². The highest BCUT2D eigenvalue weighted by Gasteiger charge is 2.69. The van der Waals surface area contributed by atoms with E-state index < -0.39 is 5.97 Å². The highest BCUT2D eigenvalue weighted by atomic mass is 79.9. The Morgan fingerprint density at radius 2 is 1.95 bits per heavy atom. The Kier molecular flexibility index (Phi) is 7.22. The molecule has 3 unspecified atom stereocenters. The lowest BCUT2D eigenvalue weighted by molar-refractivity contribution is -0.938. The van der Waals surface area contributed by atoms with Gasteiger partial charge in [-0.25, -0.2) is 0 Å². The number of nitrogens with zero attached hydrogens (tertiary/aromatic N) is 1. The zero-order chi connectivity index (χ0) is 26.1. The lowest BCUT2D eigenvalue weighted by Gasteiger charge is -2.61. The molecule has 3 fully saturated rings. The van der Waals surface area contributed by atoms with Crippen LogP contribution < -0.4 is 26.5 Å². The smallest absolute Gasteiger partial charge is 0.308 e. The van der Waals surface area contributed by atoms with Gasteiger partial charge in [-0.05, 0) is 30.9 Å². The number of ketones is 1. The normalized spacial score (nSPS) is 36.0. The number of piperidine rings is 1. The number of carbonyl (C=O) groups excluding carboxylic acids is 4. The number of esters is 2. The number of thioether (sulfide) groups is 1. The Balaban J connectivity index is 0.00000294. The van der Waals surface area contributed by atoms with Gasteiger partial charge in [-0.1, -0.05) is 17.8 Å². The first-order valence-corrected chi connectivity index (χ1v) is 14.3. The predicted octanol–water partition coefficient (Wildman–Crippen LogP) is -0.0297. The van der Waals surface area contributed by atoms with Gasteiger partial charge in [-0.15, -0.1) is 0 Å². The number of carbonyl (C=O) groups is 4. The van der Waals surface area contributed by atoms with Gasteiger partial charge in [0.05, 0.1) is 25.0 Å². The Hall–Kier alpha value is -1.91. The summed E-state index contributed by atoms with van der Waals surface area (Å²) >= 11 is 1.35. The third-order valence-corrected chi connectivity index (χ3v) is 10.6. The van der Waals surface area contributed by atoms with Crippen molar-refractivity contribution in [2.24, 2.45) is 11.8 Å². The molecule has 0 amide bonds. The molecule has 1 aromatic rings. The van der Waals surface area contributed by atoms with E-state index in [1.807, 2.05) is 6.07 Å². The highest BCUT2D eigenvalue weighted by molar-refractivity contribution is 8.14. The highest BCUT2D eigenvalue weighted by Crippen LogP contribution is 2.65. The van der Waals surface area contributed by atoms with Gasteiger partial charge in [-0.3, -0.25) is 19.2 Å². The summed E-state index contributed by atoms with van der Waals surface area (Å²) in [6, 6.07) is 4.06. The number of likely N-dealkylation sites (N-methyl/N-ethyl adjacent to an activating group) is 1. The molecule has 0 aromatic heterocycles. The van der Waals surface area contributed by atoms with Crippen molar-refractivity contribution in [1.82, 2.24) is 0 Å². The Morgan fingerprint density at radius 3 is 2.63 bits per heavy atom. The molecule has 6 rings (SSSR count). The number of halogens is 1. The summed E-state index contributed by atoms with van der Waals surface area (Å²) in [6.07, 6.45) is 3.59. The lowest BCUT2D eigenvalue weighted by atomic mass is 9.51. The lowest BCUT2D eigenvalue weighted by Crippen LogP contribution is -3.00. The molecule has 10 heteroatoms. The summed E-state index contributed by atoms with van der Waals surface area (Å²) < 4.78 is 18.6. The number of rotatable bonds is 6. The van der Waals surface area contributed by atoms with Crippen LogP contribution in [0.2, 0.25) is 0 Å². The molecule has 2 saturated heterocycles. The fourth-order valence-corrected chi connectivity index (χ4v) is 9.22. The summed E-state index contributed by atoms with van der Waals surface area (Å²) in [5.74, 6) is 1.41. The van der Waals surface area contributed by atoms with E-state index in [0.717, 1.165) is 49.1 Å². The standard InChI is InChI=1S/C28H34NO7S.BrH/c1-15(30)34-22-6-4-17-13-21-20-5-7-23(35-16(2)31)26-28(20,24(17)25(22)36-26)9-10-29(21,3)14-19(32)12-18-8-11-37-27(18)33;/h4,6,18,20-21,23,26H,5,7-14H2,1-3H3;1H/q+1;/p-1/t18?,20?,21-,23+,26+,28+,29?;/m1./s1. The van der Waals surface area contributed by atoms with Crippen LogP contribution in [0.3, 0.4) is 0 Å². The maximum absolute atomic E-state index is 13.3. The quantitative estimate of drug-likeness (QED) is 0.253. The molecule has 5 aliphatic rings. The van der Waals surface area contributed by atoms with Gasteiger partial charge in [0.1, 0.15) is 18.8 Å². The summed E-state index contributed by atoms with van der Waals surface area (Å²) in [7, 11) is 2.20. The van der Waals surface area contributed by atoms with Crippen LogP contribution in [0.25, 0.3) is 0 Å². The molecule has 206 valence electrons. The third kappa shape index (κ3) is 4.22. The van der Waals surface area contributed by atoms with Crippen LogP contribution in [0.4, 0.5) is 0 Å². The molecular weight excluding hydrogens is 574 g/mol. The monoisotopic (exact) mass is 607 g/mol. The molecule has 2 aliphatic carbocycles. The van der Waals surface area contributed by atoms with E-state index in [2.05, 4.69) is 7.05 Å². The van der Waals surface area contributed by atoms with E-state index in [0.29, 0.717) is 35.4 Å².